The van der Waals surface area contributed by atoms with Gasteiger partial charge in [-0.05, 0) is 25.1 Å². The summed E-state index contributed by atoms with van der Waals surface area (Å²) < 4.78 is 2.01. The molecular weight excluding hydrogens is 148 g/mol. The van der Waals surface area contributed by atoms with Gasteiger partial charge < -0.3 is 4.40 Å². The third-order valence-corrected chi connectivity index (χ3v) is 1.72. The van der Waals surface area contributed by atoms with Gasteiger partial charge in [0.05, 0.1) is 5.69 Å². The number of fused-ring (bicyclic) bond motifs is 1. The fraction of sp³-hybridized carbons (Fsp3) is 0.100. The molecule has 0 saturated heterocycles. The lowest BCUT2D eigenvalue weighted by Crippen LogP contribution is -1.77. The van der Waals surface area contributed by atoms with Crippen LogP contribution in [0.3, 0.4) is 0 Å². The third kappa shape index (κ3) is 1.11. The Labute approximate surface area is 71.2 Å². The molecule has 60 valence electrons. The van der Waals surface area contributed by atoms with Crippen molar-refractivity contribution in [1.29, 1.82) is 0 Å². The largest absolute Gasteiger partial charge is 0.306 e. The molecule has 0 fully saturated rings. The van der Waals surface area contributed by atoms with Crippen molar-refractivity contribution >= 4 is 11.7 Å². The first-order valence-electron chi connectivity index (χ1n) is 3.96. The summed E-state index contributed by atoms with van der Waals surface area (Å²) >= 11 is 0. The number of imidazole rings is 1. The molecule has 2 heterocycles. The van der Waals surface area contributed by atoms with E-state index in [2.05, 4.69) is 4.98 Å². The summed E-state index contributed by atoms with van der Waals surface area (Å²) in [5.41, 5.74) is 1.99. The van der Waals surface area contributed by atoms with Crippen molar-refractivity contribution in [3.63, 3.8) is 0 Å². The first-order chi connectivity index (χ1) is 5.90. The Hall–Kier alpha value is -1.57. The normalized spacial score (nSPS) is 11.4. The van der Waals surface area contributed by atoms with Crippen molar-refractivity contribution in [3.05, 3.63) is 42.4 Å². The van der Waals surface area contributed by atoms with Crippen LogP contribution in [0.1, 0.15) is 12.6 Å². The first-order valence-corrected chi connectivity index (χ1v) is 3.96. The van der Waals surface area contributed by atoms with E-state index < -0.39 is 0 Å². The smallest absolute Gasteiger partial charge is 0.137 e. The fourth-order valence-electron chi connectivity index (χ4n) is 1.21. The zero-order valence-electron chi connectivity index (χ0n) is 6.94. The summed E-state index contributed by atoms with van der Waals surface area (Å²) in [5, 5.41) is 0. The van der Waals surface area contributed by atoms with Gasteiger partial charge in [0.25, 0.3) is 0 Å². The molecule has 0 N–H and O–H groups in total. The zero-order valence-corrected chi connectivity index (χ0v) is 6.94. The van der Waals surface area contributed by atoms with Gasteiger partial charge in [0.1, 0.15) is 5.65 Å². The highest BCUT2D eigenvalue weighted by Crippen LogP contribution is 2.05. The van der Waals surface area contributed by atoms with E-state index in [9.17, 15) is 0 Å². The third-order valence-electron chi connectivity index (χ3n) is 1.72. The second-order valence-electron chi connectivity index (χ2n) is 2.63. The number of pyridine rings is 1. The highest BCUT2D eigenvalue weighted by atomic mass is 15.0. The van der Waals surface area contributed by atoms with E-state index in [1.54, 1.807) is 0 Å². The Morgan fingerprint density at radius 2 is 2.33 bits per heavy atom. The summed E-state index contributed by atoms with van der Waals surface area (Å²) in [5.74, 6) is 0. The number of rotatable bonds is 1. The van der Waals surface area contributed by atoms with Gasteiger partial charge in [0.2, 0.25) is 0 Å². The average molecular weight is 158 g/mol. The molecule has 0 aromatic carbocycles. The first kappa shape index (κ1) is 7.10. The van der Waals surface area contributed by atoms with Crippen LogP contribution in [-0.2, 0) is 0 Å². The van der Waals surface area contributed by atoms with Crippen molar-refractivity contribution in [1.82, 2.24) is 9.38 Å². The van der Waals surface area contributed by atoms with Crippen molar-refractivity contribution in [2.45, 2.75) is 6.92 Å². The molecular formula is C10H10N2. The lowest BCUT2D eigenvalue weighted by Gasteiger charge is -1.86. The Morgan fingerprint density at radius 3 is 3.08 bits per heavy atom. The maximum absolute atomic E-state index is 4.38. The van der Waals surface area contributed by atoms with Crippen LogP contribution in [0.5, 0.6) is 0 Å². The molecule has 2 aromatic heterocycles. The Morgan fingerprint density at radius 1 is 1.42 bits per heavy atom. The van der Waals surface area contributed by atoms with Gasteiger partial charge in [-0.2, -0.15) is 0 Å². The van der Waals surface area contributed by atoms with E-state index in [1.807, 2.05) is 54.1 Å². The molecule has 2 nitrogen and oxygen atoms in total. The van der Waals surface area contributed by atoms with Crippen LogP contribution >= 0.6 is 0 Å². The molecule has 2 heteroatoms. The number of aromatic nitrogens is 2. The van der Waals surface area contributed by atoms with Crippen LogP contribution in [-0.4, -0.2) is 9.38 Å². The molecule has 2 aromatic rings. The van der Waals surface area contributed by atoms with Gasteiger partial charge in [-0.15, -0.1) is 0 Å². The minimum Gasteiger partial charge on any atom is -0.306 e. The van der Waals surface area contributed by atoms with E-state index in [1.165, 1.54) is 0 Å². The molecule has 0 amide bonds. The van der Waals surface area contributed by atoms with Crippen molar-refractivity contribution in [2.24, 2.45) is 0 Å². The molecule has 0 radical (unpaired) electrons. The topological polar surface area (TPSA) is 17.3 Å². The van der Waals surface area contributed by atoms with Crippen LogP contribution in [0.4, 0.5) is 0 Å². The maximum Gasteiger partial charge on any atom is 0.137 e. The van der Waals surface area contributed by atoms with Gasteiger partial charge in [-0.1, -0.05) is 12.1 Å². The van der Waals surface area contributed by atoms with Crippen molar-refractivity contribution < 1.29 is 0 Å². The Kier molecular flexibility index (Phi) is 1.67. The standard InChI is InChI=1S/C10H10N2/c1-2-5-9-8-12-7-4-3-6-10(12)11-9/h2-8H,1H3. The summed E-state index contributed by atoms with van der Waals surface area (Å²) in [6, 6.07) is 5.98. The number of hydrogen-bond acceptors (Lipinski definition) is 1. The van der Waals surface area contributed by atoms with Crippen LogP contribution < -0.4 is 0 Å². The fourth-order valence-corrected chi connectivity index (χ4v) is 1.21. The highest BCUT2D eigenvalue weighted by Gasteiger charge is 1.94. The summed E-state index contributed by atoms with van der Waals surface area (Å²) in [7, 11) is 0. The molecule has 0 bridgehead atoms. The average Bonchev–Trinajstić information content (AvgIpc) is 2.47. The van der Waals surface area contributed by atoms with Gasteiger partial charge in [0.15, 0.2) is 0 Å². The zero-order chi connectivity index (χ0) is 8.39. The molecule has 0 spiro atoms. The molecule has 0 aliphatic heterocycles. The van der Waals surface area contributed by atoms with Crippen LogP contribution in [0.2, 0.25) is 0 Å². The van der Waals surface area contributed by atoms with Gasteiger partial charge in [-0.25, -0.2) is 4.98 Å². The number of nitrogens with zero attached hydrogens (tertiary/aromatic N) is 2. The molecule has 12 heavy (non-hydrogen) atoms. The van der Waals surface area contributed by atoms with E-state index in [0.29, 0.717) is 0 Å². The van der Waals surface area contributed by atoms with Gasteiger partial charge in [-0.3, -0.25) is 0 Å². The molecule has 2 rings (SSSR count). The molecule has 0 saturated carbocycles. The predicted octanol–water partition coefficient (Wildman–Crippen LogP) is 2.37. The van der Waals surface area contributed by atoms with Gasteiger partial charge >= 0.3 is 0 Å². The highest BCUT2D eigenvalue weighted by molar-refractivity contribution is 5.50. The molecule has 0 aliphatic carbocycles. The van der Waals surface area contributed by atoms with Crippen LogP contribution in [0, 0.1) is 0 Å². The van der Waals surface area contributed by atoms with Crippen molar-refractivity contribution in [3.8, 4) is 0 Å². The van der Waals surface area contributed by atoms with E-state index in [0.717, 1.165) is 11.3 Å². The summed E-state index contributed by atoms with van der Waals surface area (Å²) in [4.78, 5) is 4.38. The Balaban J connectivity index is 2.62. The monoisotopic (exact) mass is 158 g/mol. The quantitative estimate of drug-likeness (QED) is 0.622. The van der Waals surface area contributed by atoms with Crippen molar-refractivity contribution in [2.75, 3.05) is 0 Å². The van der Waals surface area contributed by atoms with E-state index in [-0.39, 0.29) is 0 Å². The lowest BCUT2D eigenvalue weighted by atomic mass is 10.4. The lowest BCUT2D eigenvalue weighted by molar-refractivity contribution is 1.19. The summed E-state index contributed by atoms with van der Waals surface area (Å²) in [6.45, 7) is 1.99. The molecule has 0 aliphatic rings. The maximum atomic E-state index is 4.38. The number of allylic oxidation sites excluding steroid dienone is 1. The Bertz CT molecular complexity index is 379. The minimum atomic E-state index is 0.991. The summed E-state index contributed by atoms with van der Waals surface area (Å²) in [6.07, 6.45) is 7.99. The molecule has 0 unspecified atom stereocenters. The van der Waals surface area contributed by atoms with E-state index in [4.69, 9.17) is 0 Å². The molecule has 0 atom stereocenters. The van der Waals surface area contributed by atoms with Crippen LogP contribution in [0.15, 0.2) is 36.7 Å². The predicted molar refractivity (Wildman–Crippen MR) is 49.9 cm³/mol. The van der Waals surface area contributed by atoms with Gasteiger partial charge in [0, 0.05) is 12.4 Å². The number of hydrogen-bond donors (Lipinski definition) is 0. The SMILES string of the molecule is CC=Cc1cn2ccccc2n1. The second kappa shape index (κ2) is 2.81. The van der Waals surface area contributed by atoms with Crippen LogP contribution in [0.25, 0.3) is 11.7 Å². The second-order valence-corrected chi connectivity index (χ2v) is 2.63. The van der Waals surface area contributed by atoms with E-state index >= 15 is 0 Å². The minimum absolute atomic E-state index is 0.991.